The van der Waals surface area contributed by atoms with Crippen LogP contribution in [-0.2, 0) is 13.5 Å². The Morgan fingerprint density at radius 3 is 2.82 bits per heavy atom. The number of rotatable bonds is 3. The third-order valence-electron chi connectivity index (χ3n) is 2.77. The second-order valence-electron chi connectivity index (χ2n) is 4.36. The van der Waals surface area contributed by atoms with Gasteiger partial charge in [0.2, 0.25) is 0 Å². The molecule has 0 spiro atoms. The van der Waals surface area contributed by atoms with E-state index in [1.807, 2.05) is 26.2 Å². The Kier molecular flexibility index (Phi) is 3.24. The molecule has 0 amide bonds. The molecule has 1 atom stereocenters. The monoisotopic (exact) mass is 233 g/mol. The lowest BCUT2D eigenvalue weighted by atomic mass is 10.00. The molecule has 17 heavy (non-hydrogen) atoms. The van der Waals surface area contributed by atoms with Gasteiger partial charge in [-0.3, -0.25) is 4.68 Å². The first-order chi connectivity index (χ1) is 8.06. The van der Waals surface area contributed by atoms with Crippen LogP contribution in [0.5, 0.6) is 0 Å². The molecule has 90 valence electrons. The Hall–Kier alpha value is -1.68. The van der Waals surface area contributed by atoms with Crippen LogP contribution < -0.4 is 5.73 Å². The first kappa shape index (κ1) is 11.8. The normalized spacial score (nSPS) is 12.7. The molecule has 0 saturated carbocycles. The van der Waals surface area contributed by atoms with E-state index in [2.05, 4.69) is 5.10 Å². The summed E-state index contributed by atoms with van der Waals surface area (Å²) >= 11 is 0. The van der Waals surface area contributed by atoms with E-state index < -0.39 is 0 Å². The molecule has 4 heteroatoms. The number of nitrogens with zero attached hydrogens (tertiary/aromatic N) is 2. The van der Waals surface area contributed by atoms with Crippen molar-refractivity contribution < 1.29 is 4.39 Å². The highest BCUT2D eigenvalue weighted by Crippen LogP contribution is 2.19. The molecule has 1 aromatic heterocycles. The molecule has 0 saturated heterocycles. The highest BCUT2D eigenvalue weighted by atomic mass is 19.1. The largest absolute Gasteiger partial charge is 0.324 e. The average Bonchev–Trinajstić information content (AvgIpc) is 2.63. The summed E-state index contributed by atoms with van der Waals surface area (Å²) in [5.41, 5.74) is 8.48. The average molecular weight is 233 g/mol. The Morgan fingerprint density at radius 2 is 2.24 bits per heavy atom. The molecule has 2 rings (SSSR count). The number of nitrogens with two attached hydrogens (primary N) is 1. The Labute approximate surface area is 100 Å². The maximum atomic E-state index is 13.7. The zero-order valence-corrected chi connectivity index (χ0v) is 10.0. The van der Waals surface area contributed by atoms with Crippen molar-refractivity contribution >= 4 is 0 Å². The van der Waals surface area contributed by atoms with Crippen LogP contribution in [0.15, 0.2) is 30.6 Å². The summed E-state index contributed by atoms with van der Waals surface area (Å²) in [7, 11) is 1.85. The molecule has 1 aromatic carbocycles. The summed E-state index contributed by atoms with van der Waals surface area (Å²) in [5.74, 6) is -0.235. The van der Waals surface area contributed by atoms with E-state index in [0.717, 1.165) is 11.1 Å². The first-order valence-corrected chi connectivity index (χ1v) is 5.55. The third-order valence-corrected chi connectivity index (χ3v) is 2.77. The zero-order valence-electron chi connectivity index (χ0n) is 10.0. The van der Waals surface area contributed by atoms with Crippen molar-refractivity contribution in [3.05, 3.63) is 53.1 Å². The van der Waals surface area contributed by atoms with Crippen LogP contribution in [-0.4, -0.2) is 9.78 Å². The van der Waals surface area contributed by atoms with Crippen LogP contribution in [0, 0.1) is 12.7 Å². The topological polar surface area (TPSA) is 43.8 Å². The molecule has 2 N–H and O–H groups in total. The molecule has 1 heterocycles. The van der Waals surface area contributed by atoms with Gasteiger partial charge in [-0.2, -0.15) is 5.10 Å². The smallest absolute Gasteiger partial charge is 0.128 e. The van der Waals surface area contributed by atoms with E-state index in [0.29, 0.717) is 12.0 Å². The Balaban J connectivity index is 2.17. The van der Waals surface area contributed by atoms with Crippen molar-refractivity contribution in [3.63, 3.8) is 0 Å². The van der Waals surface area contributed by atoms with E-state index in [1.165, 1.54) is 6.07 Å². The quantitative estimate of drug-likeness (QED) is 0.882. The zero-order chi connectivity index (χ0) is 12.4. The van der Waals surface area contributed by atoms with Crippen molar-refractivity contribution in [1.29, 1.82) is 0 Å². The highest BCUT2D eigenvalue weighted by Gasteiger charge is 2.12. The molecule has 2 aromatic rings. The van der Waals surface area contributed by atoms with Gasteiger partial charge in [-0.05, 0) is 30.5 Å². The number of halogens is 1. The molecule has 0 aliphatic rings. The minimum absolute atomic E-state index is 0.235. The minimum Gasteiger partial charge on any atom is -0.324 e. The molecule has 1 unspecified atom stereocenters. The number of hydrogen-bond donors (Lipinski definition) is 1. The Bertz CT molecular complexity index is 519. The van der Waals surface area contributed by atoms with Gasteiger partial charge in [0.25, 0.3) is 0 Å². The summed E-state index contributed by atoms with van der Waals surface area (Å²) in [6, 6.07) is 4.81. The second kappa shape index (κ2) is 4.67. The third kappa shape index (κ3) is 2.71. The van der Waals surface area contributed by atoms with Gasteiger partial charge in [-0.25, -0.2) is 4.39 Å². The molecular weight excluding hydrogens is 217 g/mol. The van der Waals surface area contributed by atoms with Gasteiger partial charge in [-0.1, -0.05) is 12.1 Å². The van der Waals surface area contributed by atoms with Crippen LogP contribution >= 0.6 is 0 Å². The maximum Gasteiger partial charge on any atom is 0.128 e. The number of benzene rings is 1. The van der Waals surface area contributed by atoms with Crippen molar-refractivity contribution in [1.82, 2.24) is 9.78 Å². The van der Waals surface area contributed by atoms with Crippen molar-refractivity contribution in [3.8, 4) is 0 Å². The predicted octanol–water partition coefficient (Wildman–Crippen LogP) is 2.11. The summed E-state index contributed by atoms with van der Waals surface area (Å²) in [4.78, 5) is 0. The lowest BCUT2D eigenvalue weighted by Crippen LogP contribution is -2.14. The lowest BCUT2D eigenvalue weighted by molar-refractivity contribution is 0.579. The van der Waals surface area contributed by atoms with Crippen molar-refractivity contribution in [2.75, 3.05) is 0 Å². The molecule has 0 bridgehead atoms. The fourth-order valence-electron chi connectivity index (χ4n) is 1.87. The second-order valence-corrected chi connectivity index (χ2v) is 4.36. The highest BCUT2D eigenvalue weighted by molar-refractivity contribution is 5.27. The number of aryl methyl sites for hydroxylation is 2. The van der Waals surface area contributed by atoms with Gasteiger partial charge in [-0.15, -0.1) is 0 Å². The standard InChI is InChI=1S/C13H16FN3/c1-9-3-4-11(12(14)5-9)13(15)6-10-7-16-17(2)8-10/h3-5,7-8,13H,6,15H2,1-2H3. The lowest BCUT2D eigenvalue weighted by Gasteiger charge is -2.12. The van der Waals surface area contributed by atoms with Gasteiger partial charge < -0.3 is 5.73 Å². The Morgan fingerprint density at radius 1 is 1.47 bits per heavy atom. The summed E-state index contributed by atoms with van der Waals surface area (Å²) in [6.45, 7) is 1.86. The van der Waals surface area contributed by atoms with E-state index in [1.54, 1.807) is 16.9 Å². The van der Waals surface area contributed by atoms with Gasteiger partial charge in [0, 0.05) is 24.8 Å². The summed E-state index contributed by atoms with van der Waals surface area (Å²) in [6.07, 6.45) is 4.24. The molecule has 0 aliphatic carbocycles. The van der Waals surface area contributed by atoms with Crippen molar-refractivity contribution in [2.24, 2.45) is 12.8 Å². The fraction of sp³-hybridized carbons (Fsp3) is 0.308. The van der Waals surface area contributed by atoms with E-state index in [-0.39, 0.29) is 11.9 Å². The van der Waals surface area contributed by atoms with Crippen LogP contribution in [0.4, 0.5) is 4.39 Å². The van der Waals surface area contributed by atoms with Gasteiger partial charge in [0.05, 0.1) is 6.20 Å². The van der Waals surface area contributed by atoms with Gasteiger partial charge in [0.15, 0.2) is 0 Å². The van der Waals surface area contributed by atoms with Gasteiger partial charge in [0.1, 0.15) is 5.82 Å². The number of hydrogen-bond acceptors (Lipinski definition) is 2. The number of aromatic nitrogens is 2. The van der Waals surface area contributed by atoms with E-state index >= 15 is 0 Å². The molecule has 0 radical (unpaired) electrons. The molecular formula is C13H16FN3. The van der Waals surface area contributed by atoms with Crippen LogP contribution in [0.2, 0.25) is 0 Å². The fourth-order valence-corrected chi connectivity index (χ4v) is 1.87. The minimum atomic E-state index is -0.334. The van der Waals surface area contributed by atoms with Crippen LogP contribution in [0.3, 0.4) is 0 Å². The van der Waals surface area contributed by atoms with Gasteiger partial charge >= 0.3 is 0 Å². The predicted molar refractivity (Wildman–Crippen MR) is 65.0 cm³/mol. The maximum absolute atomic E-state index is 13.7. The molecule has 0 aliphatic heterocycles. The van der Waals surface area contributed by atoms with Crippen LogP contribution in [0.25, 0.3) is 0 Å². The first-order valence-electron chi connectivity index (χ1n) is 5.55. The molecule has 0 fully saturated rings. The SMILES string of the molecule is Cc1ccc(C(N)Cc2cnn(C)c2)c(F)c1. The van der Waals surface area contributed by atoms with Crippen molar-refractivity contribution in [2.45, 2.75) is 19.4 Å². The van der Waals surface area contributed by atoms with Crippen LogP contribution in [0.1, 0.15) is 22.7 Å². The van der Waals surface area contributed by atoms with E-state index in [4.69, 9.17) is 5.73 Å². The molecule has 3 nitrogen and oxygen atoms in total. The summed E-state index contributed by atoms with van der Waals surface area (Å²) in [5, 5.41) is 4.07. The van der Waals surface area contributed by atoms with E-state index in [9.17, 15) is 4.39 Å². The summed E-state index contributed by atoms with van der Waals surface area (Å²) < 4.78 is 15.4.